The smallest absolute Gasteiger partial charge is 0.416 e. The van der Waals surface area contributed by atoms with Crippen molar-refractivity contribution in [2.75, 3.05) is 0 Å². The lowest BCUT2D eigenvalue weighted by molar-refractivity contribution is -0.137. The van der Waals surface area contributed by atoms with Gasteiger partial charge in [0.25, 0.3) is 0 Å². The third kappa shape index (κ3) is 4.18. The van der Waals surface area contributed by atoms with E-state index in [0.29, 0.717) is 0 Å². The Bertz CT molecular complexity index is 1210. The Kier molecular flexibility index (Phi) is 5.25. The highest BCUT2D eigenvalue weighted by molar-refractivity contribution is 7.08. The number of aromatic nitrogens is 3. The van der Waals surface area contributed by atoms with Gasteiger partial charge < -0.3 is 4.74 Å². The van der Waals surface area contributed by atoms with E-state index in [0.717, 1.165) is 28.8 Å². The molecule has 5 nitrogen and oxygen atoms in total. The lowest BCUT2D eigenvalue weighted by atomic mass is 10.1. The first kappa shape index (κ1) is 19.7. The van der Waals surface area contributed by atoms with E-state index in [1.54, 1.807) is 17.4 Å². The molecule has 2 heterocycles. The molecule has 150 valence electrons. The molecule has 0 unspecified atom stereocenters. The predicted octanol–water partition coefficient (Wildman–Crippen LogP) is 5.67. The minimum atomic E-state index is -4.58. The number of thiophene rings is 1. The van der Waals surface area contributed by atoms with Crippen molar-refractivity contribution < 1.29 is 17.9 Å². The first-order valence-electron chi connectivity index (χ1n) is 8.72. The van der Waals surface area contributed by atoms with Crippen molar-refractivity contribution in [3.05, 3.63) is 76.1 Å². The molecule has 0 aliphatic heterocycles. The van der Waals surface area contributed by atoms with Gasteiger partial charge in [0.15, 0.2) is 5.69 Å². The standard InChI is InChI=1S/C21H13F3N4OS/c22-21(23,24)17-7-16(20-19(10-25)26-28-27-20)8-18(9-17)29-11-13-2-1-3-14(6-13)15-4-5-30-12-15/h1-9,12H,11H2,(H,26,27,28). The highest BCUT2D eigenvalue weighted by Crippen LogP contribution is 2.36. The van der Waals surface area contributed by atoms with E-state index in [2.05, 4.69) is 15.4 Å². The van der Waals surface area contributed by atoms with Crippen molar-refractivity contribution in [3.8, 4) is 34.2 Å². The van der Waals surface area contributed by atoms with E-state index < -0.39 is 11.7 Å². The maximum absolute atomic E-state index is 13.4. The van der Waals surface area contributed by atoms with Crippen molar-refractivity contribution in [3.63, 3.8) is 0 Å². The molecule has 0 fully saturated rings. The predicted molar refractivity (Wildman–Crippen MR) is 106 cm³/mol. The number of alkyl halides is 3. The first-order valence-corrected chi connectivity index (χ1v) is 9.66. The van der Waals surface area contributed by atoms with Crippen LogP contribution in [0.3, 0.4) is 0 Å². The van der Waals surface area contributed by atoms with Crippen LogP contribution in [0.25, 0.3) is 22.4 Å². The lowest BCUT2D eigenvalue weighted by Crippen LogP contribution is -2.06. The van der Waals surface area contributed by atoms with Crippen molar-refractivity contribution in [1.82, 2.24) is 15.4 Å². The second-order valence-corrected chi connectivity index (χ2v) is 7.16. The quantitative estimate of drug-likeness (QED) is 0.446. The van der Waals surface area contributed by atoms with Crippen LogP contribution in [-0.2, 0) is 12.8 Å². The Balaban J connectivity index is 1.64. The zero-order valence-electron chi connectivity index (χ0n) is 15.3. The Labute approximate surface area is 173 Å². The summed E-state index contributed by atoms with van der Waals surface area (Å²) in [6, 6.07) is 14.7. The molecule has 0 saturated heterocycles. The molecule has 0 radical (unpaired) electrons. The van der Waals surface area contributed by atoms with Gasteiger partial charge in [0.2, 0.25) is 0 Å². The summed E-state index contributed by atoms with van der Waals surface area (Å²) in [6.07, 6.45) is -4.58. The molecule has 0 spiro atoms. The number of nitrogens with one attached hydrogen (secondary N) is 1. The number of hydrogen-bond donors (Lipinski definition) is 1. The Hall–Kier alpha value is -3.64. The first-order chi connectivity index (χ1) is 14.4. The zero-order chi connectivity index (χ0) is 21.1. The largest absolute Gasteiger partial charge is 0.489 e. The van der Waals surface area contributed by atoms with Crippen LogP contribution in [0.15, 0.2) is 59.3 Å². The van der Waals surface area contributed by atoms with Gasteiger partial charge in [-0.3, -0.25) is 0 Å². The van der Waals surface area contributed by atoms with Gasteiger partial charge in [0, 0.05) is 5.56 Å². The van der Waals surface area contributed by atoms with Crippen LogP contribution >= 0.6 is 11.3 Å². The van der Waals surface area contributed by atoms with Crippen LogP contribution in [0, 0.1) is 11.3 Å². The molecule has 0 saturated carbocycles. The zero-order valence-corrected chi connectivity index (χ0v) is 16.1. The average Bonchev–Trinajstić information content (AvgIpc) is 3.43. The van der Waals surface area contributed by atoms with Crippen molar-refractivity contribution in [1.29, 1.82) is 5.26 Å². The fraction of sp³-hybridized carbons (Fsp3) is 0.0952. The molecule has 0 amide bonds. The summed E-state index contributed by atoms with van der Waals surface area (Å²) < 4.78 is 45.8. The molecule has 30 heavy (non-hydrogen) atoms. The summed E-state index contributed by atoms with van der Waals surface area (Å²) in [7, 11) is 0. The highest BCUT2D eigenvalue weighted by Gasteiger charge is 2.32. The van der Waals surface area contributed by atoms with Gasteiger partial charge in [-0.15, -0.1) is 5.10 Å². The Morgan fingerprint density at radius 1 is 1.03 bits per heavy atom. The third-order valence-electron chi connectivity index (χ3n) is 4.35. The maximum atomic E-state index is 13.4. The van der Waals surface area contributed by atoms with Crippen molar-refractivity contribution >= 4 is 11.3 Å². The van der Waals surface area contributed by atoms with Gasteiger partial charge in [-0.2, -0.15) is 40.1 Å². The van der Waals surface area contributed by atoms with Crippen LogP contribution in [0.2, 0.25) is 0 Å². The van der Waals surface area contributed by atoms with Crippen molar-refractivity contribution in [2.45, 2.75) is 12.8 Å². The number of nitrogens with zero attached hydrogens (tertiary/aromatic N) is 3. The molecule has 4 aromatic rings. The number of hydrogen-bond acceptors (Lipinski definition) is 5. The number of aromatic amines is 1. The molecule has 2 aromatic heterocycles. The summed E-state index contributed by atoms with van der Waals surface area (Å²) >= 11 is 1.58. The summed E-state index contributed by atoms with van der Waals surface area (Å²) in [5.41, 5.74) is 2.03. The van der Waals surface area contributed by atoms with E-state index in [-0.39, 0.29) is 29.3 Å². The van der Waals surface area contributed by atoms with Crippen LogP contribution in [0.1, 0.15) is 16.8 Å². The fourth-order valence-electron chi connectivity index (χ4n) is 2.93. The van der Waals surface area contributed by atoms with E-state index >= 15 is 0 Å². The van der Waals surface area contributed by atoms with E-state index in [1.165, 1.54) is 6.07 Å². The Morgan fingerprint density at radius 3 is 2.63 bits per heavy atom. The Morgan fingerprint density at radius 2 is 1.90 bits per heavy atom. The minimum Gasteiger partial charge on any atom is -0.489 e. The molecule has 0 aliphatic carbocycles. The normalized spacial score (nSPS) is 11.3. The van der Waals surface area contributed by atoms with E-state index in [1.807, 2.05) is 41.1 Å². The van der Waals surface area contributed by atoms with Crippen molar-refractivity contribution in [2.24, 2.45) is 0 Å². The third-order valence-corrected chi connectivity index (χ3v) is 5.03. The summed E-state index contributed by atoms with van der Waals surface area (Å²) in [6.45, 7) is 0.0860. The van der Waals surface area contributed by atoms with Gasteiger partial charge in [0.1, 0.15) is 24.1 Å². The summed E-state index contributed by atoms with van der Waals surface area (Å²) in [4.78, 5) is 0. The monoisotopic (exact) mass is 426 g/mol. The molecule has 1 N–H and O–H groups in total. The number of nitriles is 1. The summed E-state index contributed by atoms with van der Waals surface area (Å²) in [5.74, 6) is 0.0210. The fourth-order valence-corrected chi connectivity index (χ4v) is 3.59. The number of ether oxygens (including phenoxy) is 1. The number of halogens is 3. The van der Waals surface area contributed by atoms with Crippen LogP contribution < -0.4 is 4.74 Å². The SMILES string of the molecule is N#Cc1n[nH]nc1-c1cc(OCc2cccc(-c3ccsc3)c2)cc(C(F)(F)F)c1. The van der Waals surface area contributed by atoms with Crippen LogP contribution in [0.4, 0.5) is 13.2 Å². The molecule has 2 aromatic carbocycles. The van der Waals surface area contributed by atoms with Gasteiger partial charge in [-0.25, -0.2) is 0 Å². The van der Waals surface area contributed by atoms with Gasteiger partial charge in [-0.1, -0.05) is 18.2 Å². The minimum absolute atomic E-state index is 0.0210. The van der Waals surface area contributed by atoms with Gasteiger partial charge >= 0.3 is 6.18 Å². The number of rotatable bonds is 5. The van der Waals surface area contributed by atoms with Crippen LogP contribution in [0.5, 0.6) is 5.75 Å². The number of benzene rings is 2. The molecule has 0 atom stereocenters. The van der Waals surface area contributed by atoms with Gasteiger partial charge in [0.05, 0.1) is 5.56 Å². The molecular weight excluding hydrogens is 413 g/mol. The van der Waals surface area contributed by atoms with E-state index in [9.17, 15) is 13.2 Å². The van der Waals surface area contributed by atoms with E-state index in [4.69, 9.17) is 10.00 Å². The molecule has 4 rings (SSSR count). The lowest BCUT2D eigenvalue weighted by Gasteiger charge is -2.13. The topological polar surface area (TPSA) is 74.6 Å². The average molecular weight is 426 g/mol. The number of H-pyrrole nitrogens is 1. The molecule has 0 bridgehead atoms. The maximum Gasteiger partial charge on any atom is 0.416 e. The second kappa shape index (κ2) is 8.00. The van der Waals surface area contributed by atoms with Gasteiger partial charge in [-0.05, 0) is 57.8 Å². The molecular formula is C21H13F3N4OS. The summed E-state index contributed by atoms with van der Waals surface area (Å²) in [5, 5.41) is 22.8. The molecule has 9 heteroatoms. The van der Waals surface area contributed by atoms with Crippen LogP contribution in [-0.4, -0.2) is 15.4 Å². The highest BCUT2D eigenvalue weighted by atomic mass is 32.1. The molecule has 0 aliphatic rings. The second-order valence-electron chi connectivity index (χ2n) is 6.38.